The molecule has 0 radical (unpaired) electrons. The SMILES string of the molecule is CCOC(=O)C1CCC(OC(C(=O)Cc2cc(Cl)c(NC(=O)c3cn(C)c4ccccc34)cc2F)(N2CCCC2)N2C[C@@H]3C[C@H]2CO3)CC1. The van der Waals surface area contributed by atoms with Crippen LogP contribution >= 0.6 is 11.6 Å². The van der Waals surface area contributed by atoms with Crippen LogP contribution in [-0.2, 0) is 37.3 Å². The van der Waals surface area contributed by atoms with Gasteiger partial charge in [-0.2, -0.15) is 0 Å². The molecule has 0 spiro atoms. The molecule has 4 fully saturated rings. The number of fused-ring (bicyclic) bond motifs is 3. The number of halogens is 2. The molecule has 2 bridgehead atoms. The average molecular weight is 695 g/mol. The second-order valence-electron chi connectivity index (χ2n) is 13.8. The van der Waals surface area contributed by atoms with Gasteiger partial charge < -0.3 is 24.1 Å². The van der Waals surface area contributed by atoms with E-state index in [4.69, 9.17) is 25.8 Å². The highest BCUT2D eigenvalue weighted by molar-refractivity contribution is 6.34. The number of hydrogen-bond donors (Lipinski definition) is 1. The van der Waals surface area contributed by atoms with Crippen molar-refractivity contribution in [3.8, 4) is 0 Å². The highest BCUT2D eigenvalue weighted by Gasteiger charge is 2.58. The Morgan fingerprint density at radius 1 is 1.10 bits per heavy atom. The number of esters is 1. The number of aromatic nitrogens is 1. The highest BCUT2D eigenvalue weighted by atomic mass is 35.5. The number of amides is 1. The van der Waals surface area contributed by atoms with Crippen LogP contribution < -0.4 is 5.32 Å². The van der Waals surface area contributed by atoms with Gasteiger partial charge in [-0.15, -0.1) is 0 Å². The molecule has 4 heterocycles. The molecule has 1 aliphatic carbocycles. The third-order valence-corrected chi connectivity index (χ3v) is 11.0. The molecule has 3 atom stereocenters. The van der Waals surface area contributed by atoms with E-state index >= 15 is 4.39 Å². The summed E-state index contributed by atoms with van der Waals surface area (Å²) in [6.45, 7) is 4.58. The number of para-hydroxylation sites is 1. The fraction of sp³-hybridized carbons (Fsp3) is 0.541. The van der Waals surface area contributed by atoms with Crippen LogP contribution in [0.5, 0.6) is 0 Å². The molecule has 3 aromatic rings. The van der Waals surface area contributed by atoms with Crippen molar-refractivity contribution in [3.63, 3.8) is 0 Å². The Morgan fingerprint density at radius 3 is 2.55 bits per heavy atom. The molecule has 1 N–H and O–H groups in total. The van der Waals surface area contributed by atoms with Gasteiger partial charge in [-0.25, -0.2) is 9.29 Å². The largest absolute Gasteiger partial charge is 0.466 e. The third kappa shape index (κ3) is 6.52. The zero-order chi connectivity index (χ0) is 34.3. The van der Waals surface area contributed by atoms with E-state index in [9.17, 15) is 14.4 Å². The Morgan fingerprint density at radius 2 is 1.86 bits per heavy atom. The van der Waals surface area contributed by atoms with Crippen LogP contribution in [0.4, 0.5) is 10.1 Å². The number of ketones is 1. The molecule has 4 aliphatic rings. The van der Waals surface area contributed by atoms with Gasteiger partial charge in [-0.05, 0) is 75.6 Å². The van der Waals surface area contributed by atoms with Crippen LogP contribution in [0.2, 0.25) is 5.02 Å². The second-order valence-corrected chi connectivity index (χ2v) is 14.2. The lowest BCUT2D eigenvalue weighted by atomic mass is 9.87. The predicted octanol–water partition coefficient (Wildman–Crippen LogP) is 5.70. The lowest BCUT2D eigenvalue weighted by Gasteiger charge is -2.51. The van der Waals surface area contributed by atoms with Gasteiger partial charge in [-0.3, -0.25) is 19.3 Å². The summed E-state index contributed by atoms with van der Waals surface area (Å²) in [5.41, 5.74) is 1.61. The first kappa shape index (κ1) is 34.1. The lowest BCUT2D eigenvalue weighted by molar-refractivity contribution is -0.267. The molecule has 262 valence electrons. The second kappa shape index (κ2) is 14.1. The van der Waals surface area contributed by atoms with E-state index in [1.165, 1.54) is 12.1 Å². The van der Waals surface area contributed by atoms with Gasteiger partial charge in [0.05, 0.1) is 47.6 Å². The number of nitrogens with zero attached hydrogens (tertiary/aromatic N) is 3. The molecule has 10 nitrogen and oxygen atoms in total. The standard InChI is InChI=1S/C37H44ClFN4O6/c1-3-47-36(46)23-10-12-26(13-11-23)49-37(42-14-6-7-15-42,43-20-27-18-25(43)22-48-27)34(44)17-24-16-30(38)32(19-31(24)39)40-35(45)29-21-41(2)33-9-5-4-8-28(29)33/h4-5,8-9,16,19,21,23,25-27H,3,6-7,10-15,17-18,20,22H2,1-2H3,(H,40,45)/t23?,25-,26?,27-,37?/m0/s1. The van der Waals surface area contributed by atoms with Crippen molar-refractivity contribution >= 4 is 45.9 Å². The number of carbonyl (C=O) groups excluding carboxylic acids is 3. The van der Waals surface area contributed by atoms with Crippen molar-refractivity contribution in [2.45, 2.75) is 82.4 Å². The third-order valence-electron chi connectivity index (χ3n) is 10.7. The smallest absolute Gasteiger partial charge is 0.308 e. The van der Waals surface area contributed by atoms with E-state index in [2.05, 4.69) is 15.1 Å². The van der Waals surface area contributed by atoms with Gasteiger partial charge in [0.15, 0.2) is 5.78 Å². The van der Waals surface area contributed by atoms with Crippen molar-refractivity contribution in [2.24, 2.45) is 13.0 Å². The van der Waals surface area contributed by atoms with Crippen LogP contribution in [-0.4, -0.2) is 89.0 Å². The van der Waals surface area contributed by atoms with E-state index in [0.717, 1.165) is 30.2 Å². The fourth-order valence-electron chi connectivity index (χ4n) is 8.25. The number of aryl methyl sites for hydroxylation is 1. The number of anilines is 1. The molecule has 3 aliphatic heterocycles. The summed E-state index contributed by atoms with van der Waals surface area (Å²) in [5.74, 6) is -3.06. The van der Waals surface area contributed by atoms with Gasteiger partial charge in [0, 0.05) is 56.2 Å². The van der Waals surface area contributed by atoms with Gasteiger partial charge in [-0.1, -0.05) is 29.8 Å². The topological polar surface area (TPSA) is 102 Å². The minimum atomic E-state index is -1.40. The Balaban J connectivity index is 1.15. The van der Waals surface area contributed by atoms with Crippen LogP contribution in [0.3, 0.4) is 0 Å². The number of benzene rings is 2. The van der Waals surface area contributed by atoms with E-state index in [1.807, 2.05) is 42.8 Å². The molecule has 1 amide bonds. The molecular weight excluding hydrogens is 651 g/mol. The van der Waals surface area contributed by atoms with Crippen molar-refractivity contribution in [3.05, 3.63) is 64.6 Å². The summed E-state index contributed by atoms with van der Waals surface area (Å²) in [6.07, 6.45) is 6.41. The van der Waals surface area contributed by atoms with Crippen molar-refractivity contribution in [1.82, 2.24) is 14.4 Å². The van der Waals surface area contributed by atoms with Crippen LogP contribution in [0.15, 0.2) is 42.6 Å². The summed E-state index contributed by atoms with van der Waals surface area (Å²) < 4.78 is 36.0. The summed E-state index contributed by atoms with van der Waals surface area (Å²) >= 11 is 6.67. The number of nitrogens with one attached hydrogen (secondary N) is 1. The van der Waals surface area contributed by atoms with Crippen molar-refractivity contribution in [1.29, 1.82) is 0 Å². The van der Waals surface area contributed by atoms with Gasteiger partial charge in [0.25, 0.3) is 5.91 Å². The number of morpholine rings is 1. The van der Waals surface area contributed by atoms with Crippen LogP contribution in [0.1, 0.15) is 67.8 Å². The lowest BCUT2D eigenvalue weighted by Crippen LogP contribution is -2.70. The van der Waals surface area contributed by atoms with Gasteiger partial charge in [0.2, 0.25) is 5.85 Å². The molecule has 3 saturated heterocycles. The summed E-state index contributed by atoms with van der Waals surface area (Å²) in [7, 11) is 1.86. The van der Waals surface area contributed by atoms with E-state index in [-0.39, 0.29) is 58.6 Å². The summed E-state index contributed by atoms with van der Waals surface area (Å²) in [5, 5.41) is 3.68. The zero-order valence-electron chi connectivity index (χ0n) is 28.1. The quantitative estimate of drug-likeness (QED) is 0.256. The van der Waals surface area contributed by atoms with Crippen LogP contribution in [0.25, 0.3) is 10.9 Å². The average Bonchev–Trinajstić information content (AvgIpc) is 3.93. The first-order chi connectivity index (χ1) is 23.7. The van der Waals surface area contributed by atoms with E-state index in [0.29, 0.717) is 64.1 Å². The van der Waals surface area contributed by atoms with Crippen molar-refractivity contribution < 1.29 is 33.0 Å². The number of hydrogen-bond acceptors (Lipinski definition) is 8. The monoisotopic (exact) mass is 694 g/mol. The maximum atomic E-state index is 15.9. The number of Topliss-reactive ketones (excluding diaryl/α,β-unsaturated/α-hetero) is 1. The minimum Gasteiger partial charge on any atom is -0.466 e. The Hall–Kier alpha value is -3.35. The first-order valence-corrected chi connectivity index (χ1v) is 17.9. The number of ether oxygens (including phenoxy) is 3. The summed E-state index contributed by atoms with van der Waals surface area (Å²) in [4.78, 5) is 44.9. The fourth-order valence-corrected chi connectivity index (χ4v) is 8.48. The Bertz CT molecular complexity index is 1730. The summed E-state index contributed by atoms with van der Waals surface area (Å²) in [6, 6.07) is 10.2. The highest BCUT2D eigenvalue weighted by Crippen LogP contribution is 2.42. The predicted molar refractivity (Wildman–Crippen MR) is 183 cm³/mol. The van der Waals surface area contributed by atoms with Crippen LogP contribution in [0, 0.1) is 11.7 Å². The van der Waals surface area contributed by atoms with Gasteiger partial charge in [0.1, 0.15) is 5.82 Å². The van der Waals surface area contributed by atoms with Gasteiger partial charge >= 0.3 is 5.97 Å². The molecule has 12 heteroatoms. The molecule has 1 unspecified atom stereocenters. The first-order valence-electron chi connectivity index (χ1n) is 17.5. The van der Waals surface area contributed by atoms with E-state index < -0.39 is 17.6 Å². The molecule has 2 aromatic carbocycles. The minimum absolute atomic E-state index is 0.00510. The Labute approximate surface area is 290 Å². The molecule has 1 aromatic heterocycles. The maximum absolute atomic E-state index is 15.9. The normalized spacial score (nSPS) is 25.5. The Kier molecular flexibility index (Phi) is 9.82. The molecule has 49 heavy (non-hydrogen) atoms. The van der Waals surface area contributed by atoms with Crippen molar-refractivity contribution in [2.75, 3.05) is 38.2 Å². The molecular formula is C37H44ClFN4O6. The number of carbonyl (C=O) groups is 3. The number of rotatable bonds is 11. The molecule has 1 saturated carbocycles. The zero-order valence-corrected chi connectivity index (χ0v) is 28.8. The molecule has 7 rings (SSSR count). The van der Waals surface area contributed by atoms with E-state index in [1.54, 1.807) is 6.20 Å². The maximum Gasteiger partial charge on any atom is 0.308 e. The number of likely N-dealkylation sites (tertiary alicyclic amines) is 2.